The molecule has 0 spiro atoms. The molecule has 10 heteroatoms. The molecule has 3 heterocycles. The van der Waals surface area contributed by atoms with Crippen molar-refractivity contribution in [2.45, 2.75) is 18.0 Å². The maximum absolute atomic E-state index is 12.9. The highest BCUT2D eigenvalue weighted by Gasteiger charge is 2.27. The molecule has 1 fully saturated rings. The molecular weight excluding hydrogens is 442 g/mol. The van der Waals surface area contributed by atoms with E-state index in [0.29, 0.717) is 35.6 Å². The summed E-state index contributed by atoms with van der Waals surface area (Å²) in [6.07, 6.45) is 1.51. The van der Waals surface area contributed by atoms with Gasteiger partial charge in [-0.05, 0) is 43.2 Å². The number of likely N-dealkylation sites (tertiary alicyclic amines) is 1. The van der Waals surface area contributed by atoms with Crippen LogP contribution in [-0.2, 0) is 9.59 Å². The number of hydrogen-bond donors (Lipinski definition) is 1. The van der Waals surface area contributed by atoms with Crippen LogP contribution in [0.1, 0.15) is 12.8 Å². The third-order valence-corrected chi connectivity index (χ3v) is 6.69. The number of para-hydroxylation sites is 1. The molecule has 3 aromatic rings. The number of amides is 2. The lowest BCUT2D eigenvalue weighted by Gasteiger charge is -2.31. The second kappa shape index (κ2) is 9.14. The van der Waals surface area contributed by atoms with Gasteiger partial charge in [0.2, 0.25) is 18.6 Å². The number of carbonyl (C=O) groups is 2. The van der Waals surface area contributed by atoms with Gasteiger partial charge in [0.1, 0.15) is 0 Å². The van der Waals surface area contributed by atoms with E-state index >= 15 is 0 Å². The Kier molecular flexibility index (Phi) is 5.91. The van der Waals surface area contributed by atoms with E-state index in [9.17, 15) is 9.59 Å². The second-order valence-corrected chi connectivity index (χ2v) is 8.86. The summed E-state index contributed by atoms with van der Waals surface area (Å²) in [4.78, 5) is 26.1. The van der Waals surface area contributed by atoms with E-state index in [1.165, 1.54) is 11.8 Å². The topological polar surface area (TPSA) is 113 Å². The summed E-state index contributed by atoms with van der Waals surface area (Å²) in [6, 6.07) is 15.4. The maximum Gasteiger partial charge on any atom is 0.233 e. The zero-order valence-corrected chi connectivity index (χ0v) is 18.7. The number of aromatic nitrogens is 3. The molecule has 0 radical (unpaired) electrons. The summed E-state index contributed by atoms with van der Waals surface area (Å²) in [5, 5.41) is 9.41. The number of nitrogens with zero attached hydrogens (tertiary/aromatic N) is 4. The number of primary amides is 1. The summed E-state index contributed by atoms with van der Waals surface area (Å²) in [5.74, 6) is 1.52. The molecule has 1 unspecified atom stereocenters. The fourth-order valence-corrected chi connectivity index (χ4v) is 4.90. The second-order valence-electron chi connectivity index (χ2n) is 7.92. The van der Waals surface area contributed by atoms with E-state index in [2.05, 4.69) is 10.2 Å². The minimum absolute atomic E-state index is 0.0433. The van der Waals surface area contributed by atoms with E-state index in [0.717, 1.165) is 24.1 Å². The van der Waals surface area contributed by atoms with Crippen LogP contribution in [0.25, 0.3) is 17.1 Å². The molecule has 170 valence electrons. The molecule has 5 rings (SSSR count). The van der Waals surface area contributed by atoms with Crippen molar-refractivity contribution in [2.24, 2.45) is 11.7 Å². The van der Waals surface area contributed by atoms with E-state index in [-0.39, 0.29) is 30.3 Å². The third-order valence-electron chi connectivity index (χ3n) is 5.78. The van der Waals surface area contributed by atoms with Gasteiger partial charge in [0.25, 0.3) is 0 Å². The molecule has 2 N–H and O–H groups in total. The average molecular weight is 466 g/mol. The lowest BCUT2D eigenvalue weighted by molar-refractivity contribution is -0.132. The zero-order chi connectivity index (χ0) is 22.8. The highest BCUT2D eigenvalue weighted by Crippen LogP contribution is 2.37. The zero-order valence-electron chi connectivity index (χ0n) is 17.8. The summed E-state index contributed by atoms with van der Waals surface area (Å²) in [7, 11) is 0. The van der Waals surface area contributed by atoms with Crippen LogP contribution in [0.5, 0.6) is 11.5 Å². The first-order valence-corrected chi connectivity index (χ1v) is 11.7. The number of hydrogen-bond acceptors (Lipinski definition) is 7. The van der Waals surface area contributed by atoms with Gasteiger partial charge < -0.3 is 20.1 Å². The third kappa shape index (κ3) is 4.38. The molecule has 1 atom stereocenters. The Balaban J connectivity index is 1.40. The van der Waals surface area contributed by atoms with Gasteiger partial charge in [-0.2, -0.15) is 0 Å². The van der Waals surface area contributed by atoms with Crippen molar-refractivity contribution in [2.75, 3.05) is 25.6 Å². The molecular formula is C23H23N5O4S. The first-order valence-electron chi connectivity index (χ1n) is 10.7. The van der Waals surface area contributed by atoms with Crippen molar-refractivity contribution >= 4 is 23.6 Å². The molecule has 2 amide bonds. The van der Waals surface area contributed by atoms with Crippen LogP contribution in [0.2, 0.25) is 0 Å². The Morgan fingerprint density at radius 1 is 1.09 bits per heavy atom. The number of carbonyl (C=O) groups excluding carboxylic acids is 2. The van der Waals surface area contributed by atoms with Gasteiger partial charge in [0.05, 0.1) is 11.7 Å². The first-order chi connectivity index (χ1) is 16.1. The van der Waals surface area contributed by atoms with Crippen molar-refractivity contribution in [3.8, 4) is 28.6 Å². The molecule has 2 aliphatic heterocycles. The Hall–Kier alpha value is -3.53. The van der Waals surface area contributed by atoms with Crippen molar-refractivity contribution < 1.29 is 19.1 Å². The normalized spacial score (nSPS) is 17.2. The van der Waals surface area contributed by atoms with Crippen LogP contribution in [0.4, 0.5) is 0 Å². The number of benzene rings is 2. The predicted molar refractivity (Wildman–Crippen MR) is 122 cm³/mol. The molecule has 2 aliphatic rings. The monoisotopic (exact) mass is 465 g/mol. The lowest BCUT2D eigenvalue weighted by atomic mass is 9.97. The number of fused-ring (bicyclic) bond motifs is 1. The number of piperidine rings is 1. The molecule has 0 saturated carbocycles. The van der Waals surface area contributed by atoms with Gasteiger partial charge in [-0.15, -0.1) is 10.2 Å². The molecule has 9 nitrogen and oxygen atoms in total. The largest absolute Gasteiger partial charge is 0.454 e. The maximum atomic E-state index is 12.9. The minimum Gasteiger partial charge on any atom is -0.454 e. The molecule has 0 bridgehead atoms. The molecule has 33 heavy (non-hydrogen) atoms. The molecule has 1 saturated heterocycles. The molecule has 0 aliphatic carbocycles. The van der Waals surface area contributed by atoms with Gasteiger partial charge in [0, 0.05) is 24.3 Å². The summed E-state index contributed by atoms with van der Waals surface area (Å²) < 4.78 is 12.9. The fraction of sp³-hybridized carbons (Fsp3) is 0.304. The highest BCUT2D eigenvalue weighted by molar-refractivity contribution is 7.99. The number of nitrogens with two attached hydrogens (primary N) is 1. The predicted octanol–water partition coefficient (Wildman–Crippen LogP) is 2.48. The molecule has 2 aromatic carbocycles. The summed E-state index contributed by atoms with van der Waals surface area (Å²) in [5.41, 5.74) is 7.16. The number of ether oxygens (including phenoxy) is 2. The quantitative estimate of drug-likeness (QED) is 0.557. The summed E-state index contributed by atoms with van der Waals surface area (Å²) >= 11 is 1.32. The first kappa shape index (κ1) is 21.3. The van der Waals surface area contributed by atoms with Gasteiger partial charge in [-0.3, -0.25) is 14.2 Å². The Morgan fingerprint density at radius 3 is 2.73 bits per heavy atom. The van der Waals surface area contributed by atoms with E-state index in [1.54, 1.807) is 4.90 Å². The van der Waals surface area contributed by atoms with Crippen LogP contribution in [0.3, 0.4) is 0 Å². The van der Waals surface area contributed by atoms with Crippen LogP contribution >= 0.6 is 11.8 Å². The Morgan fingerprint density at radius 2 is 1.91 bits per heavy atom. The summed E-state index contributed by atoms with van der Waals surface area (Å²) in [6.45, 7) is 1.21. The smallest absolute Gasteiger partial charge is 0.233 e. The van der Waals surface area contributed by atoms with Gasteiger partial charge in [-0.25, -0.2) is 0 Å². The van der Waals surface area contributed by atoms with Crippen LogP contribution in [0.15, 0.2) is 53.7 Å². The van der Waals surface area contributed by atoms with E-state index in [4.69, 9.17) is 15.2 Å². The van der Waals surface area contributed by atoms with Crippen LogP contribution < -0.4 is 15.2 Å². The Labute approximate surface area is 194 Å². The van der Waals surface area contributed by atoms with Crippen molar-refractivity contribution in [1.29, 1.82) is 0 Å². The van der Waals surface area contributed by atoms with E-state index < -0.39 is 0 Å². The minimum atomic E-state index is -0.350. The van der Waals surface area contributed by atoms with Gasteiger partial charge in [0.15, 0.2) is 22.5 Å². The van der Waals surface area contributed by atoms with Crippen LogP contribution in [0, 0.1) is 5.92 Å². The van der Waals surface area contributed by atoms with Crippen molar-refractivity contribution in [3.05, 3.63) is 48.5 Å². The van der Waals surface area contributed by atoms with Gasteiger partial charge in [-0.1, -0.05) is 30.0 Å². The standard InChI is InChI=1S/C23H23N5O4S/c24-21(30)16-5-4-10-27(12-16)20(29)13-33-23-26-25-22(28(23)17-6-2-1-3-7-17)15-8-9-18-19(11-15)32-14-31-18/h1-3,6-9,11,16H,4-5,10,12-14H2,(H2,24,30). The number of thioether (sulfide) groups is 1. The molecule has 1 aromatic heterocycles. The SMILES string of the molecule is NC(=O)C1CCCN(C(=O)CSc2nnc(-c3ccc4c(c3)OCO4)n2-c2ccccc2)C1. The van der Waals surface area contributed by atoms with Gasteiger partial charge >= 0.3 is 0 Å². The van der Waals surface area contributed by atoms with Crippen molar-refractivity contribution in [3.63, 3.8) is 0 Å². The number of rotatable bonds is 6. The Bertz CT molecular complexity index is 1180. The highest BCUT2D eigenvalue weighted by atomic mass is 32.2. The average Bonchev–Trinajstić information content (AvgIpc) is 3.49. The fourth-order valence-electron chi connectivity index (χ4n) is 4.05. The van der Waals surface area contributed by atoms with Crippen LogP contribution in [-0.4, -0.2) is 57.1 Å². The lowest BCUT2D eigenvalue weighted by Crippen LogP contribution is -2.44. The van der Waals surface area contributed by atoms with Crippen molar-refractivity contribution in [1.82, 2.24) is 19.7 Å². The van der Waals surface area contributed by atoms with E-state index in [1.807, 2.05) is 53.1 Å².